The van der Waals surface area contributed by atoms with E-state index in [0.29, 0.717) is 37.4 Å². The van der Waals surface area contributed by atoms with Gasteiger partial charge < -0.3 is 25.0 Å². The second kappa shape index (κ2) is 8.66. The standard InChI is InChI=1S/C20H39NO4/c1-14(18(22)24-12-11-21-19(2,3)4)16-8-6-7-15-9-10-20(5,23)25-13-17(15)16/h14-18,21-23H,6-13H2,1-5H3/t14?,15?,16?,17?,18?,20-/m0/s1. The third-order valence-corrected chi connectivity index (χ3v) is 6.00. The second-order valence-electron chi connectivity index (χ2n) is 9.34. The Labute approximate surface area is 153 Å². The van der Waals surface area contributed by atoms with Gasteiger partial charge in [-0.2, -0.15) is 0 Å². The summed E-state index contributed by atoms with van der Waals surface area (Å²) in [6, 6.07) is 0. The molecular weight excluding hydrogens is 318 g/mol. The Balaban J connectivity index is 1.87. The maximum atomic E-state index is 10.5. The summed E-state index contributed by atoms with van der Waals surface area (Å²) >= 11 is 0. The maximum Gasteiger partial charge on any atom is 0.162 e. The van der Waals surface area contributed by atoms with Crippen LogP contribution in [-0.4, -0.2) is 47.6 Å². The SMILES string of the molecule is CC(C(O)OCCNC(C)(C)C)C1CCCC2CC[C@@](C)(O)OCC21. The molecule has 1 saturated heterocycles. The Bertz CT molecular complexity index is 407. The number of aliphatic hydroxyl groups excluding tert-OH is 1. The molecule has 6 atom stereocenters. The summed E-state index contributed by atoms with van der Waals surface area (Å²) in [5.74, 6) is 0.458. The quantitative estimate of drug-likeness (QED) is 0.504. The van der Waals surface area contributed by atoms with Crippen LogP contribution in [-0.2, 0) is 9.47 Å². The van der Waals surface area contributed by atoms with Crippen LogP contribution in [0.4, 0.5) is 0 Å². The van der Waals surface area contributed by atoms with Crippen LogP contribution in [0.1, 0.15) is 66.7 Å². The second-order valence-corrected chi connectivity index (χ2v) is 9.34. The summed E-state index contributed by atoms with van der Waals surface area (Å²) in [5.41, 5.74) is 0.0607. The predicted octanol–water partition coefficient (Wildman–Crippen LogP) is 2.90. The highest BCUT2D eigenvalue weighted by molar-refractivity contribution is 4.88. The lowest BCUT2D eigenvalue weighted by atomic mass is 9.66. The van der Waals surface area contributed by atoms with Crippen molar-refractivity contribution in [2.45, 2.75) is 84.3 Å². The van der Waals surface area contributed by atoms with Gasteiger partial charge >= 0.3 is 0 Å². The zero-order chi connectivity index (χ0) is 18.7. The van der Waals surface area contributed by atoms with Gasteiger partial charge in [-0.1, -0.05) is 19.8 Å². The summed E-state index contributed by atoms with van der Waals surface area (Å²) in [6.07, 6.45) is 4.47. The molecule has 0 aromatic rings. The molecule has 0 aromatic carbocycles. The van der Waals surface area contributed by atoms with Gasteiger partial charge in [0, 0.05) is 24.4 Å². The van der Waals surface area contributed by atoms with E-state index in [-0.39, 0.29) is 11.5 Å². The van der Waals surface area contributed by atoms with E-state index >= 15 is 0 Å². The molecule has 2 fully saturated rings. The number of aliphatic hydroxyl groups is 2. The van der Waals surface area contributed by atoms with Crippen molar-refractivity contribution in [2.75, 3.05) is 19.8 Å². The Kier molecular flexibility index (Phi) is 7.31. The lowest BCUT2D eigenvalue weighted by molar-refractivity contribution is -0.200. The van der Waals surface area contributed by atoms with Crippen molar-refractivity contribution in [1.29, 1.82) is 0 Å². The topological polar surface area (TPSA) is 71.0 Å². The Morgan fingerprint density at radius 1 is 1.28 bits per heavy atom. The Morgan fingerprint density at radius 2 is 2.00 bits per heavy atom. The molecule has 5 unspecified atom stereocenters. The summed E-state index contributed by atoms with van der Waals surface area (Å²) in [7, 11) is 0. The molecule has 5 heteroatoms. The smallest absolute Gasteiger partial charge is 0.162 e. The van der Waals surface area contributed by atoms with Crippen molar-refractivity contribution in [1.82, 2.24) is 5.32 Å². The van der Waals surface area contributed by atoms with E-state index in [2.05, 4.69) is 33.0 Å². The summed E-state index contributed by atoms with van der Waals surface area (Å²) in [4.78, 5) is 0. The number of fused-ring (bicyclic) bond motifs is 1. The van der Waals surface area contributed by atoms with Crippen LogP contribution >= 0.6 is 0 Å². The molecule has 0 aromatic heterocycles. The largest absolute Gasteiger partial charge is 0.368 e. The minimum absolute atomic E-state index is 0.0607. The van der Waals surface area contributed by atoms with E-state index in [4.69, 9.17) is 9.47 Å². The van der Waals surface area contributed by atoms with Gasteiger partial charge in [-0.15, -0.1) is 0 Å². The van der Waals surface area contributed by atoms with Crippen molar-refractivity contribution < 1.29 is 19.7 Å². The van der Waals surface area contributed by atoms with Crippen LogP contribution < -0.4 is 5.32 Å². The highest BCUT2D eigenvalue weighted by Crippen LogP contribution is 2.45. The fourth-order valence-electron chi connectivity index (χ4n) is 4.43. The molecule has 1 aliphatic heterocycles. The molecule has 5 nitrogen and oxygen atoms in total. The van der Waals surface area contributed by atoms with Gasteiger partial charge in [-0.3, -0.25) is 0 Å². The molecule has 0 radical (unpaired) electrons. The fraction of sp³-hybridized carbons (Fsp3) is 1.00. The number of hydrogen-bond donors (Lipinski definition) is 3. The molecule has 25 heavy (non-hydrogen) atoms. The molecular formula is C20H39NO4. The average molecular weight is 358 g/mol. The zero-order valence-corrected chi connectivity index (χ0v) is 16.8. The summed E-state index contributed by atoms with van der Waals surface area (Å²) < 4.78 is 11.5. The highest BCUT2D eigenvalue weighted by Gasteiger charge is 2.42. The summed E-state index contributed by atoms with van der Waals surface area (Å²) in [6.45, 7) is 12.1. The summed E-state index contributed by atoms with van der Waals surface area (Å²) in [5, 5.41) is 24.1. The Hall–Kier alpha value is -0.200. The average Bonchev–Trinajstić information content (AvgIpc) is 2.68. The van der Waals surface area contributed by atoms with Crippen LogP contribution in [0.15, 0.2) is 0 Å². The first kappa shape index (κ1) is 21.1. The van der Waals surface area contributed by atoms with Gasteiger partial charge in [0.05, 0.1) is 13.2 Å². The minimum Gasteiger partial charge on any atom is -0.368 e. The Morgan fingerprint density at radius 3 is 2.68 bits per heavy atom. The molecule has 3 N–H and O–H groups in total. The molecule has 148 valence electrons. The van der Waals surface area contributed by atoms with Crippen LogP contribution in [0.25, 0.3) is 0 Å². The van der Waals surface area contributed by atoms with E-state index in [9.17, 15) is 10.2 Å². The zero-order valence-electron chi connectivity index (χ0n) is 16.8. The molecule has 0 bridgehead atoms. The van der Waals surface area contributed by atoms with Crippen LogP contribution in [0.3, 0.4) is 0 Å². The van der Waals surface area contributed by atoms with Crippen molar-refractivity contribution in [3.63, 3.8) is 0 Å². The predicted molar refractivity (Wildman–Crippen MR) is 99.0 cm³/mol. The van der Waals surface area contributed by atoms with E-state index in [0.717, 1.165) is 19.4 Å². The van der Waals surface area contributed by atoms with Gasteiger partial charge in [0.1, 0.15) is 0 Å². The van der Waals surface area contributed by atoms with Crippen LogP contribution in [0.5, 0.6) is 0 Å². The van der Waals surface area contributed by atoms with E-state index < -0.39 is 12.1 Å². The van der Waals surface area contributed by atoms with Gasteiger partial charge in [0.15, 0.2) is 12.1 Å². The normalized spacial score (nSPS) is 36.4. The lowest BCUT2D eigenvalue weighted by Gasteiger charge is -2.41. The fourth-order valence-corrected chi connectivity index (χ4v) is 4.43. The van der Waals surface area contributed by atoms with Crippen molar-refractivity contribution in [3.05, 3.63) is 0 Å². The first-order valence-electron chi connectivity index (χ1n) is 10.00. The molecule has 2 rings (SSSR count). The number of rotatable bonds is 6. The van der Waals surface area contributed by atoms with Gasteiger partial charge in [-0.05, 0) is 58.3 Å². The minimum atomic E-state index is -1.00. The molecule has 1 aliphatic carbocycles. The van der Waals surface area contributed by atoms with Gasteiger partial charge in [0.2, 0.25) is 0 Å². The molecule has 1 saturated carbocycles. The maximum absolute atomic E-state index is 10.5. The van der Waals surface area contributed by atoms with Crippen LogP contribution in [0, 0.1) is 23.7 Å². The van der Waals surface area contributed by atoms with Crippen molar-refractivity contribution in [3.8, 4) is 0 Å². The molecule has 0 amide bonds. The number of hydrogen-bond acceptors (Lipinski definition) is 5. The first-order chi connectivity index (χ1) is 11.6. The molecule has 2 aliphatic rings. The monoisotopic (exact) mass is 357 g/mol. The van der Waals surface area contributed by atoms with E-state index in [1.807, 2.05) is 0 Å². The van der Waals surface area contributed by atoms with E-state index in [1.165, 1.54) is 12.8 Å². The van der Waals surface area contributed by atoms with E-state index in [1.54, 1.807) is 6.92 Å². The van der Waals surface area contributed by atoms with Gasteiger partial charge in [-0.25, -0.2) is 0 Å². The number of nitrogens with one attached hydrogen (secondary N) is 1. The van der Waals surface area contributed by atoms with Crippen molar-refractivity contribution >= 4 is 0 Å². The molecule has 0 spiro atoms. The first-order valence-corrected chi connectivity index (χ1v) is 10.00. The van der Waals surface area contributed by atoms with Gasteiger partial charge in [0.25, 0.3) is 0 Å². The third-order valence-electron chi connectivity index (χ3n) is 6.00. The van der Waals surface area contributed by atoms with Crippen molar-refractivity contribution in [2.24, 2.45) is 23.7 Å². The highest BCUT2D eigenvalue weighted by atomic mass is 16.6. The lowest BCUT2D eigenvalue weighted by Crippen LogP contribution is -2.41. The number of ether oxygens (including phenoxy) is 2. The van der Waals surface area contributed by atoms with Crippen LogP contribution in [0.2, 0.25) is 0 Å². The third kappa shape index (κ3) is 6.47. The molecule has 1 heterocycles.